The van der Waals surface area contributed by atoms with Gasteiger partial charge in [-0.2, -0.15) is 0 Å². The summed E-state index contributed by atoms with van der Waals surface area (Å²) in [6, 6.07) is 15.1. The highest BCUT2D eigenvalue weighted by molar-refractivity contribution is 6.07. The third-order valence-electron chi connectivity index (χ3n) is 5.98. The Morgan fingerprint density at radius 1 is 1.11 bits per heavy atom. The number of rotatable bonds is 5. The Bertz CT molecular complexity index is 1330. The molecule has 2 aromatic carbocycles. The van der Waals surface area contributed by atoms with Gasteiger partial charge >= 0.3 is 12.0 Å². The number of urea groups is 1. The maximum Gasteiger partial charge on any atom is 0.339 e. The summed E-state index contributed by atoms with van der Waals surface area (Å²) in [5.74, 6) is -1.29. The minimum absolute atomic E-state index is 0.376. The molecular weight excluding hydrogens is 442 g/mol. The number of carbonyl (C=O) groups is 3. The molecule has 3 amide bonds. The van der Waals surface area contributed by atoms with Crippen LogP contribution in [0.3, 0.4) is 0 Å². The molecule has 1 heterocycles. The van der Waals surface area contributed by atoms with Gasteiger partial charge in [0.1, 0.15) is 0 Å². The Morgan fingerprint density at radius 2 is 1.91 bits per heavy atom. The molecule has 1 unspecified atom stereocenters. The van der Waals surface area contributed by atoms with E-state index in [1.807, 2.05) is 30.3 Å². The van der Waals surface area contributed by atoms with Gasteiger partial charge in [-0.25, -0.2) is 14.6 Å². The first-order valence-electron chi connectivity index (χ1n) is 11.9. The summed E-state index contributed by atoms with van der Waals surface area (Å²) in [7, 11) is 0. The van der Waals surface area contributed by atoms with Crippen molar-refractivity contribution >= 4 is 40.5 Å². The fourth-order valence-electron chi connectivity index (χ4n) is 4.36. The third kappa shape index (κ3) is 5.40. The van der Waals surface area contributed by atoms with E-state index in [9.17, 15) is 14.4 Å². The van der Waals surface area contributed by atoms with E-state index in [4.69, 9.17) is 9.72 Å². The molecule has 180 valence electrons. The van der Waals surface area contributed by atoms with E-state index in [0.29, 0.717) is 29.4 Å². The smallest absolute Gasteiger partial charge is 0.339 e. The number of para-hydroxylation sites is 1. The summed E-state index contributed by atoms with van der Waals surface area (Å²) in [6.45, 7) is 5.62. The van der Waals surface area contributed by atoms with Crippen LogP contribution in [-0.2, 0) is 16.0 Å². The van der Waals surface area contributed by atoms with E-state index in [1.54, 1.807) is 6.92 Å². The second kappa shape index (κ2) is 10.5. The van der Waals surface area contributed by atoms with Crippen molar-refractivity contribution in [3.8, 4) is 0 Å². The highest BCUT2D eigenvalue weighted by atomic mass is 16.5. The number of esters is 1. The lowest BCUT2D eigenvalue weighted by Crippen LogP contribution is -2.44. The molecule has 0 spiro atoms. The minimum atomic E-state index is -1.14. The van der Waals surface area contributed by atoms with Gasteiger partial charge in [-0.05, 0) is 68.9 Å². The monoisotopic (exact) mass is 471 g/mol. The number of hydrogen-bond acceptors (Lipinski definition) is 5. The zero-order chi connectivity index (χ0) is 24.9. The van der Waals surface area contributed by atoms with E-state index >= 15 is 0 Å². The molecule has 0 bridgehead atoms. The van der Waals surface area contributed by atoms with Crippen molar-refractivity contribution in [3.05, 3.63) is 76.5 Å². The molecule has 4 rings (SSSR count). The molecule has 0 fully saturated rings. The molecule has 0 aliphatic heterocycles. The number of hydrogen-bond donors (Lipinski definition) is 2. The Morgan fingerprint density at radius 3 is 2.69 bits per heavy atom. The predicted octanol–water partition coefficient (Wildman–Crippen LogP) is 4.81. The number of aromatic nitrogens is 1. The number of ether oxygens (including phenoxy) is 1. The van der Waals surface area contributed by atoms with Crippen LogP contribution in [0.2, 0.25) is 0 Å². The first-order chi connectivity index (χ1) is 16.9. The number of amides is 3. The fraction of sp³-hybridized carbons (Fsp3) is 0.286. The van der Waals surface area contributed by atoms with Gasteiger partial charge in [-0.1, -0.05) is 48.0 Å². The molecule has 7 heteroatoms. The fourth-order valence-corrected chi connectivity index (χ4v) is 4.36. The summed E-state index contributed by atoms with van der Waals surface area (Å²) in [4.78, 5) is 42.4. The van der Waals surface area contributed by atoms with Crippen LogP contribution in [0, 0.1) is 6.92 Å². The zero-order valence-corrected chi connectivity index (χ0v) is 20.2. The quantitative estimate of drug-likeness (QED) is 0.521. The van der Waals surface area contributed by atoms with Crippen LogP contribution in [0.1, 0.15) is 59.4 Å². The Balaban J connectivity index is 1.72. The highest BCUT2D eigenvalue weighted by Gasteiger charge is 2.28. The van der Waals surface area contributed by atoms with E-state index in [0.717, 1.165) is 35.2 Å². The molecule has 0 saturated heterocycles. The Labute approximate surface area is 204 Å². The van der Waals surface area contributed by atoms with Gasteiger partial charge in [0, 0.05) is 11.9 Å². The van der Waals surface area contributed by atoms with Gasteiger partial charge in [0.25, 0.3) is 5.91 Å². The summed E-state index contributed by atoms with van der Waals surface area (Å²) < 4.78 is 5.54. The van der Waals surface area contributed by atoms with Gasteiger partial charge in [-0.15, -0.1) is 0 Å². The number of fused-ring (bicyclic) bond motifs is 2. The Kier molecular flexibility index (Phi) is 7.25. The van der Waals surface area contributed by atoms with Gasteiger partial charge in [0.2, 0.25) is 0 Å². The van der Waals surface area contributed by atoms with E-state index in [2.05, 4.69) is 41.8 Å². The number of benzene rings is 2. The average Bonchev–Trinajstić information content (AvgIpc) is 2.83. The topological polar surface area (TPSA) is 97.4 Å². The first kappa shape index (κ1) is 24.1. The van der Waals surface area contributed by atoms with Gasteiger partial charge in [-0.3, -0.25) is 10.1 Å². The molecule has 1 aliphatic rings. The molecule has 3 aromatic rings. The minimum Gasteiger partial charge on any atom is -0.449 e. The highest BCUT2D eigenvalue weighted by Crippen LogP contribution is 2.36. The summed E-state index contributed by atoms with van der Waals surface area (Å²) in [5, 5.41) is 5.36. The van der Waals surface area contributed by atoms with Crippen LogP contribution in [-0.4, -0.2) is 35.5 Å². The van der Waals surface area contributed by atoms with Crippen LogP contribution < -0.4 is 10.6 Å². The molecule has 1 aliphatic carbocycles. The van der Waals surface area contributed by atoms with Crippen molar-refractivity contribution in [1.82, 2.24) is 15.6 Å². The number of imide groups is 1. The lowest BCUT2D eigenvalue weighted by atomic mass is 9.86. The number of pyridine rings is 1. The van der Waals surface area contributed by atoms with Crippen LogP contribution in [0.4, 0.5) is 4.79 Å². The van der Waals surface area contributed by atoms with Crippen LogP contribution in [0.15, 0.2) is 48.5 Å². The SMILES string of the molecule is CCNC(=O)NC(=O)C(C)OC(=O)c1c2c(nc3ccccc13)/C(=C/c1cccc(C)c1)CCC2. The zero-order valence-electron chi connectivity index (χ0n) is 20.2. The van der Waals surface area contributed by atoms with E-state index in [-0.39, 0.29) is 0 Å². The van der Waals surface area contributed by atoms with Crippen molar-refractivity contribution in [2.45, 2.75) is 46.1 Å². The average molecular weight is 472 g/mol. The molecule has 1 atom stereocenters. The van der Waals surface area contributed by atoms with Crippen molar-refractivity contribution in [2.75, 3.05) is 6.54 Å². The van der Waals surface area contributed by atoms with E-state index in [1.165, 1.54) is 12.5 Å². The molecule has 35 heavy (non-hydrogen) atoms. The second-order valence-electron chi connectivity index (χ2n) is 8.66. The number of carbonyl (C=O) groups excluding carboxylic acids is 3. The molecular formula is C28H29N3O4. The summed E-state index contributed by atoms with van der Waals surface area (Å²) in [6.07, 6.45) is 3.40. The summed E-state index contributed by atoms with van der Waals surface area (Å²) >= 11 is 0. The van der Waals surface area contributed by atoms with Crippen molar-refractivity contribution in [2.24, 2.45) is 0 Å². The lowest BCUT2D eigenvalue weighted by molar-refractivity contribution is -0.127. The van der Waals surface area contributed by atoms with Gasteiger partial charge in [0.05, 0.1) is 16.8 Å². The molecule has 2 N–H and O–H groups in total. The number of nitrogens with zero attached hydrogens (tertiary/aromatic N) is 1. The van der Waals surface area contributed by atoms with Gasteiger partial charge in [0.15, 0.2) is 6.10 Å². The third-order valence-corrected chi connectivity index (χ3v) is 5.98. The van der Waals surface area contributed by atoms with Crippen LogP contribution >= 0.6 is 0 Å². The van der Waals surface area contributed by atoms with Crippen LogP contribution in [0.25, 0.3) is 22.6 Å². The maximum absolute atomic E-state index is 13.4. The molecule has 7 nitrogen and oxygen atoms in total. The maximum atomic E-state index is 13.4. The van der Waals surface area contributed by atoms with Gasteiger partial charge < -0.3 is 10.1 Å². The number of allylic oxidation sites excluding steroid dienone is 1. The number of aryl methyl sites for hydroxylation is 1. The van der Waals surface area contributed by atoms with E-state index < -0.39 is 24.0 Å². The second-order valence-corrected chi connectivity index (χ2v) is 8.66. The summed E-state index contributed by atoms with van der Waals surface area (Å²) in [5.41, 5.74) is 6.07. The normalized spacial score (nSPS) is 14.8. The Hall–Kier alpha value is -4.00. The molecule has 0 radical (unpaired) electrons. The van der Waals surface area contributed by atoms with Crippen molar-refractivity contribution in [3.63, 3.8) is 0 Å². The molecule has 1 aromatic heterocycles. The predicted molar refractivity (Wildman–Crippen MR) is 136 cm³/mol. The largest absolute Gasteiger partial charge is 0.449 e. The number of nitrogens with one attached hydrogen (secondary N) is 2. The lowest BCUT2D eigenvalue weighted by Gasteiger charge is -2.23. The van der Waals surface area contributed by atoms with Crippen molar-refractivity contribution < 1.29 is 19.1 Å². The van der Waals surface area contributed by atoms with Crippen molar-refractivity contribution in [1.29, 1.82) is 0 Å². The standard InChI is InChI=1S/C28H29N3O4/c1-4-29-28(34)31-26(32)18(3)35-27(33)24-21-12-5-6-14-23(21)30-25-20(11-8-13-22(24)25)16-19-10-7-9-17(2)15-19/h5-7,9-10,12,14-16,18H,4,8,11,13H2,1-3H3,(H2,29,31,32,34)/b20-16+. The van der Waals surface area contributed by atoms with Crippen LogP contribution in [0.5, 0.6) is 0 Å². The molecule has 0 saturated carbocycles. The first-order valence-corrected chi connectivity index (χ1v) is 11.9.